The molecule has 1 aromatic carbocycles. The molecule has 0 spiro atoms. The van der Waals surface area contributed by atoms with Crippen LogP contribution in [0.1, 0.15) is 35.8 Å². The van der Waals surface area contributed by atoms with Gasteiger partial charge in [0.2, 0.25) is 10.0 Å². The number of carbonyl (C=O) groups is 1. The van der Waals surface area contributed by atoms with E-state index in [9.17, 15) is 13.2 Å². The van der Waals surface area contributed by atoms with E-state index in [0.717, 1.165) is 25.9 Å². The van der Waals surface area contributed by atoms with E-state index in [4.69, 9.17) is 0 Å². The molecule has 26 heavy (non-hydrogen) atoms. The third-order valence-corrected chi connectivity index (χ3v) is 5.86. The van der Waals surface area contributed by atoms with Crippen molar-refractivity contribution in [2.75, 3.05) is 13.1 Å². The van der Waals surface area contributed by atoms with Crippen LogP contribution in [0.15, 0.2) is 47.8 Å². The summed E-state index contributed by atoms with van der Waals surface area (Å²) in [7, 11) is -3.73. The lowest BCUT2D eigenvalue weighted by Crippen LogP contribution is -2.34. The van der Waals surface area contributed by atoms with Crippen molar-refractivity contribution >= 4 is 15.9 Å². The first kappa shape index (κ1) is 18.5. The molecule has 0 bridgehead atoms. The van der Waals surface area contributed by atoms with Gasteiger partial charge in [0.05, 0.1) is 10.6 Å². The molecule has 2 aromatic rings. The van der Waals surface area contributed by atoms with Crippen LogP contribution in [0.25, 0.3) is 0 Å². The van der Waals surface area contributed by atoms with Crippen LogP contribution in [0.2, 0.25) is 0 Å². The van der Waals surface area contributed by atoms with Crippen LogP contribution in [0.5, 0.6) is 0 Å². The maximum atomic E-state index is 12.7. The molecule has 1 saturated heterocycles. The first-order chi connectivity index (χ1) is 12.5. The third kappa shape index (κ3) is 4.44. The first-order valence-corrected chi connectivity index (χ1v) is 10.1. The van der Waals surface area contributed by atoms with Crippen molar-refractivity contribution in [1.29, 1.82) is 0 Å². The fourth-order valence-corrected chi connectivity index (χ4v) is 4.31. The Labute approximate surface area is 153 Å². The summed E-state index contributed by atoms with van der Waals surface area (Å²) in [5.41, 5.74) is 1.11. The SMILES string of the molecule is CC(Cc1cnccn1)NS(=O)(=O)c1cccc(C(=O)N2CCCC2)c1. The molecule has 1 aliphatic rings. The fraction of sp³-hybridized carbons (Fsp3) is 0.389. The smallest absolute Gasteiger partial charge is 0.253 e. The second-order valence-corrected chi connectivity index (χ2v) is 8.16. The second-order valence-electron chi connectivity index (χ2n) is 6.45. The van der Waals surface area contributed by atoms with E-state index in [1.54, 1.807) is 42.5 Å². The van der Waals surface area contributed by atoms with Gasteiger partial charge in [0, 0.05) is 49.7 Å². The van der Waals surface area contributed by atoms with Crippen LogP contribution < -0.4 is 4.72 Å². The lowest BCUT2D eigenvalue weighted by molar-refractivity contribution is 0.0792. The molecule has 0 saturated carbocycles. The molecule has 1 amide bonds. The Hall–Kier alpha value is -2.32. The number of sulfonamides is 1. The van der Waals surface area contributed by atoms with E-state index >= 15 is 0 Å². The zero-order chi connectivity index (χ0) is 18.6. The predicted octanol–water partition coefficient (Wildman–Crippen LogP) is 1.62. The van der Waals surface area contributed by atoms with E-state index < -0.39 is 10.0 Å². The van der Waals surface area contributed by atoms with E-state index in [2.05, 4.69) is 14.7 Å². The van der Waals surface area contributed by atoms with Gasteiger partial charge in [-0.15, -0.1) is 0 Å². The highest BCUT2D eigenvalue weighted by atomic mass is 32.2. The van der Waals surface area contributed by atoms with Crippen molar-refractivity contribution in [3.8, 4) is 0 Å². The van der Waals surface area contributed by atoms with Gasteiger partial charge in [-0.05, 0) is 38.0 Å². The van der Waals surface area contributed by atoms with Gasteiger partial charge in [-0.1, -0.05) is 6.07 Å². The van der Waals surface area contributed by atoms with Gasteiger partial charge in [0.15, 0.2) is 0 Å². The quantitative estimate of drug-likeness (QED) is 0.829. The molecular formula is C18H22N4O3S. The van der Waals surface area contributed by atoms with Crippen LogP contribution in [-0.2, 0) is 16.4 Å². The topological polar surface area (TPSA) is 92.3 Å². The second kappa shape index (κ2) is 7.92. The lowest BCUT2D eigenvalue weighted by Gasteiger charge is -2.17. The zero-order valence-electron chi connectivity index (χ0n) is 14.6. The Morgan fingerprint density at radius 3 is 2.73 bits per heavy atom. The van der Waals surface area contributed by atoms with E-state index in [1.165, 1.54) is 12.1 Å². The summed E-state index contributed by atoms with van der Waals surface area (Å²) >= 11 is 0. The molecule has 3 rings (SSSR count). The number of nitrogens with zero attached hydrogens (tertiary/aromatic N) is 3. The molecule has 1 fully saturated rings. The van der Waals surface area contributed by atoms with Crippen molar-refractivity contribution in [3.05, 3.63) is 54.1 Å². The molecule has 138 valence electrons. The predicted molar refractivity (Wildman–Crippen MR) is 97.1 cm³/mol. The van der Waals surface area contributed by atoms with Crippen LogP contribution in [0.4, 0.5) is 0 Å². The van der Waals surface area contributed by atoms with E-state index in [1.807, 2.05) is 0 Å². The minimum Gasteiger partial charge on any atom is -0.339 e. The summed E-state index contributed by atoms with van der Waals surface area (Å²) in [4.78, 5) is 22.5. The number of benzene rings is 1. The normalized spacial score (nSPS) is 15.8. The number of carbonyl (C=O) groups excluding carboxylic acids is 1. The van der Waals surface area contributed by atoms with Crippen LogP contribution in [-0.4, -0.2) is 48.3 Å². The number of hydrogen-bond acceptors (Lipinski definition) is 5. The molecule has 2 heterocycles. The largest absolute Gasteiger partial charge is 0.339 e. The summed E-state index contributed by atoms with van der Waals surface area (Å²) in [5, 5.41) is 0. The van der Waals surface area contributed by atoms with Crippen LogP contribution >= 0.6 is 0 Å². The number of likely N-dealkylation sites (tertiary alicyclic amines) is 1. The van der Waals surface area contributed by atoms with Gasteiger partial charge in [0.1, 0.15) is 0 Å². The Morgan fingerprint density at radius 1 is 1.27 bits per heavy atom. The molecule has 1 atom stereocenters. The highest BCUT2D eigenvalue weighted by molar-refractivity contribution is 7.89. The van der Waals surface area contributed by atoms with Gasteiger partial charge in [-0.2, -0.15) is 0 Å². The average molecular weight is 374 g/mol. The molecular weight excluding hydrogens is 352 g/mol. The summed E-state index contributed by atoms with van der Waals surface area (Å²) in [6, 6.07) is 5.85. The average Bonchev–Trinajstić information content (AvgIpc) is 3.16. The Balaban J connectivity index is 1.72. The molecule has 1 unspecified atom stereocenters. The van der Waals surface area contributed by atoms with Crippen LogP contribution in [0, 0.1) is 0 Å². The molecule has 1 aromatic heterocycles. The maximum Gasteiger partial charge on any atom is 0.253 e. The number of amides is 1. The lowest BCUT2D eigenvalue weighted by atomic mass is 10.2. The van der Waals surface area contributed by atoms with Gasteiger partial charge >= 0.3 is 0 Å². The third-order valence-electron chi connectivity index (χ3n) is 4.27. The maximum absolute atomic E-state index is 12.7. The molecule has 0 radical (unpaired) electrons. The summed E-state index contributed by atoms with van der Waals surface area (Å²) < 4.78 is 27.9. The standard InChI is InChI=1S/C18H22N4O3S/c1-14(11-16-13-19-7-8-20-16)21-26(24,25)17-6-4-5-15(12-17)18(23)22-9-2-3-10-22/h4-8,12-14,21H,2-3,9-11H2,1H3. The highest BCUT2D eigenvalue weighted by Crippen LogP contribution is 2.17. The van der Waals surface area contributed by atoms with Crippen molar-refractivity contribution in [3.63, 3.8) is 0 Å². The monoisotopic (exact) mass is 374 g/mol. The number of nitrogens with one attached hydrogen (secondary N) is 1. The van der Waals surface area contributed by atoms with Crippen molar-refractivity contribution < 1.29 is 13.2 Å². The van der Waals surface area contributed by atoms with Crippen molar-refractivity contribution in [2.24, 2.45) is 0 Å². The summed E-state index contributed by atoms with van der Waals surface area (Å²) in [5.74, 6) is -0.118. The first-order valence-electron chi connectivity index (χ1n) is 8.62. The van der Waals surface area contributed by atoms with Crippen molar-refractivity contribution in [2.45, 2.75) is 37.1 Å². The Bertz CT molecular complexity index is 865. The Kier molecular flexibility index (Phi) is 5.63. The van der Waals surface area contributed by atoms with Gasteiger partial charge < -0.3 is 4.90 Å². The van der Waals surface area contributed by atoms with Gasteiger partial charge in [0.25, 0.3) is 5.91 Å². The number of aromatic nitrogens is 2. The highest BCUT2D eigenvalue weighted by Gasteiger charge is 2.23. The molecule has 1 aliphatic heterocycles. The van der Waals surface area contributed by atoms with E-state index in [0.29, 0.717) is 17.7 Å². The summed E-state index contributed by atoms with van der Waals surface area (Å²) in [6.45, 7) is 3.22. The summed E-state index contributed by atoms with van der Waals surface area (Å²) in [6.07, 6.45) is 7.17. The minimum atomic E-state index is -3.73. The molecule has 0 aliphatic carbocycles. The molecule has 1 N–H and O–H groups in total. The fourth-order valence-electron chi connectivity index (χ4n) is 3.02. The minimum absolute atomic E-state index is 0.0912. The number of rotatable bonds is 6. The van der Waals surface area contributed by atoms with Gasteiger partial charge in [-0.3, -0.25) is 14.8 Å². The van der Waals surface area contributed by atoms with Crippen molar-refractivity contribution in [1.82, 2.24) is 19.6 Å². The zero-order valence-corrected chi connectivity index (χ0v) is 15.4. The van der Waals surface area contributed by atoms with E-state index in [-0.39, 0.29) is 16.8 Å². The Morgan fingerprint density at radius 2 is 2.04 bits per heavy atom. The van der Waals surface area contributed by atoms with Gasteiger partial charge in [-0.25, -0.2) is 13.1 Å². The molecule has 8 heteroatoms. The van der Waals surface area contributed by atoms with Crippen LogP contribution in [0.3, 0.4) is 0 Å². The molecule has 7 nitrogen and oxygen atoms in total. The number of hydrogen-bond donors (Lipinski definition) is 1.